The second kappa shape index (κ2) is 8.68. The van der Waals surface area contributed by atoms with Crippen LogP contribution >= 0.6 is 0 Å². The maximum Gasteiger partial charge on any atom is 0.246 e. The van der Waals surface area contributed by atoms with Crippen LogP contribution in [0, 0.1) is 0 Å². The number of aliphatic imine (C=N–C) groups is 1. The molecule has 1 aromatic heterocycles. The second-order valence-electron chi connectivity index (χ2n) is 6.72. The van der Waals surface area contributed by atoms with Crippen LogP contribution < -0.4 is 10.2 Å². The molecule has 1 unspecified atom stereocenters. The summed E-state index contributed by atoms with van der Waals surface area (Å²) in [4.78, 5) is 34.1. The van der Waals surface area contributed by atoms with Gasteiger partial charge in [0, 0.05) is 46.5 Å². The number of nitrogens with zero attached hydrogens (tertiary/aromatic N) is 6. The number of likely N-dealkylation sites (N-methyl/N-ethyl adjacent to an activating group) is 1. The fourth-order valence-electron chi connectivity index (χ4n) is 2.52. The van der Waals surface area contributed by atoms with Gasteiger partial charge in [-0.05, 0) is 13.3 Å². The van der Waals surface area contributed by atoms with Crippen LogP contribution in [0.2, 0.25) is 0 Å². The summed E-state index contributed by atoms with van der Waals surface area (Å²) in [5.74, 6) is 0.518. The molecule has 1 fully saturated rings. The van der Waals surface area contributed by atoms with E-state index in [1.54, 1.807) is 29.9 Å². The molecule has 144 valence electrons. The normalized spacial score (nSPS) is 16.7. The highest BCUT2D eigenvalue weighted by atomic mass is 16.2. The maximum absolute atomic E-state index is 12.6. The minimum Gasteiger partial charge on any atom is -0.354 e. The zero-order valence-electron chi connectivity index (χ0n) is 16.3. The molecule has 1 aliphatic heterocycles. The first-order chi connectivity index (χ1) is 12.3. The van der Waals surface area contributed by atoms with Gasteiger partial charge in [0.2, 0.25) is 11.8 Å². The van der Waals surface area contributed by atoms with Gasteiger partial charge in [0.25, 0.3) is 0 Å². The number of aromatic nitrogens is 2. The van der Waals surface area contributed by atoms with Crippen LogP contribution in [0.25, 0.3) is 0 Å². The van der Waals surface area contributed by atoms with Gasteiger partial charge in [0.1, 0.15) is 13.1 Å². The predicted octanol–water partition coefficient (Wildman–Crippen LogP) is -0.0990. The summed E-state index contributed by atoms with van der Waals surface area (Å²) in [7, 11) is 5.23. The third-order valence-electron chi connectivity index (χ3n) is 4.37. The molecule has 26 heavy (non-hydrogen) atoms. The molecule has 2 amide bonds. The maximum atomic E-state index is 12.6. The van der Waals surface area contributed by atoms with Crippen LogP contribution in [0.5, 0.6) is 0 Å². The molecule has 0 saturated carbocycles. The van der Waals surface area contributed by atoms with Gasteiger partial charge in [0.15, 0.2) is 5.96 Å². The van der Waals surface area contributed by atoms with Crippen LogP contribution in [0.3, 0.4) is 0 Å². The molecule has 9 nitrogen and oxygen atoms in total. The lowest BCUT2D eigenvalue weighted by Gasteiger charge is -2.36. The van der Waals surface area contributed by atoms with Gasteiger partial charge in [-0.2, -0.15) is 5.10 Å². The number of guanidine groups is 1. The van der Waals surface area contributed by atoms with Crippen LogP contribution in [0.1, 0.15) is 20.3 Å². The summed E-state index contributed by atoms with van der Waals surface area (Å²) >= 11 is 0. The Morgan fingerprint density at radius 2 is 2.15 bits per heavy atom. The summed E-state index contributed by atoms with van der Waals surface area (Å²) in [6.07, 6.45) is 4.44. The van der Waals surface area contributed by atoms with E-state index in [4.69, 9.17) is 0 Å². The molecule has 1 N–H and O–H groups in total. The number of rotatable bonds is 5. The SMILES string of the molecule is CCC(C)NC(=NCC(=O)N(C)C)N1CCN(c2cnn(C)c2)C(=O)C1. The highest BCUT2D eigenvalue weighted by Gasteiger charge is 2.28. The number of carbonyl (C=O) groups excluding carboxylic acids is 2. The molecule has 1 aliphatic rings. The Bertz CT molecular complexity index is 668. The monoisotopic (exact) mass is 363 g/mol. The third kappa shape index (κ3) is 4.96. The summed E-state index contributed by atoms with van der Waals surface area (Å²) in [6, 6.07) is 0.203. The minimum atomic E-state index is -0.0752. The topological polar surface area (TPSA) is 86.1 Å². The fraction of sp³-hybridized carbons (Fsp3) is 0.647. The molecule has 0 spiro atoms. The van der Waals surface area contributed by atoms with Crippen molar-refractivity contribution in [3.8, 4) is 0 Å². The summed E-state index contributed by atoms with van der Waals surface area (Å²) in [5, 5.41) is 7.46. The summed E-state index contributed by atoms with van der Waals surface area (Å²) in [5.41, 5.74) is 0.799. The Kier molecular flexibility index (Phi) is 6.59. The van der Waals surface area contributed by atoms with Gasteiger partial charge in [-0.1, -0.05) is 6.92 Å². The van der Waals surface area contributed by atoms with Crippen molar-refractivity contribution >= 4 is 23.5 Å². The molecule has 0 aliphatic carbocycles. The van der Waals surface area contributed by atoms with Gasteiger partial charge in [-0.3, -0.25) is 14.3 Å². The predicted molar refractivity (Wildman–Crippen MR) is 101 cm³/mol. The van der Waals surface area contributed by atoms with Crippen molar-refractivity contribution in [1.29, 1.82) is 0 Å². The van der Waals surface area contributed by atoms with E-state index in [2.05, 4.69) is 29.3 Å². The van der Waals surface area contributed by atoms with E-state index in [0.717, 1.165) is 12.1 Å². The molecule has 1 saturated heterocycles. The largest absolute Gasteiger partial charge is 0.354 e. The molecular formula is C17H29N7O2. The third-order valence-corrected chi connectivity index (χ3v) is 4.37. The lowest BCUT2D eigenvalue weighted by atomic mass is 10.2. The Labute approximate surface area is 154 Å². The standard InChI is InChI=1S/C17H29N7O2/c1-6-13(2)20-17(18-10-15(25)21(3)4)23-7-8-24(16(26)12-23)14-9-19-22(5)11-14/h9,11,13H,6-8,10,12H2,1-5H3,(H,18,20). The molecule has 1 atom stereocenters. The van der Waals surface area contributed by atoms with Crippen molar-refractivity contribution in [2.45, 2.75) is 26.3 Å². The van der Waals surface area contributed by atoms with E-state index in [1.165, 1.54) is 4.90 Å². The molecule has 0 aromatic carbocycles. The summed E-state index contributed by atoms with van der Waals surface area (Å²) < 4.78 is 1.68. The van der Waals surface area contributed by atoms with Crippen molar-refractivity contribution in [3.63, 3.8) is 0 Å². The number of amides is 2. The van der Waals surface area contributed by atoms with Crippen LogP contribution in [0.4, 0.5) is 5.69 Å². The van der Waals surface area contributed by atoms with Gasteiger partial charge >= 0.3 is 0 Å². The van der Waals surface area contributed by atoms with E-state index in [0.29, 0.717) is 19.0 Å². The van der Waals surface area contributed by atoms with Crippen LogP contribution in [-0.4, -0.2) is 83.7 Å². The number of hydrogen-bond donors (Lipinski definition) is 1. The highest BCUT2D eigenvalue weighted by Crippen LogP contribution is 2.16. The van der Waals surface area contributed by atoms with E-state index in [-0.39, 0.29) is 30.9 Å². The zero-order valence-corrected chi connectivity index (χ0v) is 16.3. The average molecular weight is 363 g/mol. The van der Waals surface area contributed by atoms with Crippen molar-refractivity contribution in [2.75, 3.05) is 45.2 Å². The Hall–Kier alpha value is -2.58. The Morgan fingerprint density at radius 3 is 2.69 bits per heavy atom. The number of piperazine rings is 1. The molecule has 2 rings (SSSR count). The number of anilines is 1. The quantitative estimate of drug-likeness (QED) is 0.583. The van der Waals surface area contributed by atoms with Crippen molar-refractivity contribution in [1.82, 2.24) is 24.9 Å². The lowest BCUT2D eigenvalue weighted by molar-refractivity contribution is -0.127. The van der Waals surface area contributed by atoms with Crippen molar-refractivity contribution < 1.29 is 9.59 Å². The first-order valence-corrected chi connectivity index (χ1v) is 8.87. The van der Waals surface area contributed by atoms with Gasteiger partial charge in [-0.15, -0.1) is 0 Å². The second-order valence-corrected chi connectivity index (χ2v) is 6.72. The highest BCUT2D eigenvalue weighted by molar-refractivity contribution is 5.98. The van der Waals surface area contributed by atoms with E-state index in [9.17, 15) is 9.59 Å². The summed E-state index contributed by atoms with van der Waals surface area (Å²) in [6.45, 7) is 5.59. The van der Waals surface area contributed by atoms with Crippen LogP contribution in [0.15, 0.2) is 17.4 Å². The first-order valence-electron chi connectivity index (χ1n) is 8.87. The smallest absolute Gasteiger partial charge is 0.246 e. The van der Waals surface area contributed by atoms with Gasteiger partial charge in [-0.25, -0.2) is 4.99 Å². The number of nitrogens with one attached hydrogen (secondary N) is 1. The Balaban J connectivity index is 2.09. The molecule has 0 radical (unpaired) electrons. The van der Waals surface area contributed by atoms with Crippen molar-refractivity contribution in [2.24, 2.45) is 12.0 Å². The minimum absolute atomic E-state index is 0.0122. The van der Waals surface area contributed by atoms with E-state index < -0.39 is 0 Å². The Morgan fingerprint density at radius 1 is 1.42 bits per heavy atom. The molecule has 9 heteroatoms. The molecule has 2 heterocycles. The lowest BCUT2D eigenvalue weighted by Crippen LogP contribution is -2.56. The van der Waals surface area contributed by atoms with E-state index >= 15 is 0 Å². The van der Waals surface area contributed by atoms with Gasteiger partial charge < -0.3 is 20.0 Å². The number of hydrogen-bond acceptors (Lipinski definition) is 4. The number of aryl methyl sites for hydroxylation is 1. The zero-order chi connectivity index (χ0) is 19.3. The number of carbonyl (C=O) groups is 2. The molecular weight excluding hydrogens is 334 g/mol. The average Bonchev–Trinajstić information content (AvgIpc) is 3.03. The molecule has 0 bridgehead atoms. The first kappa shape index (κ1) is 19.7. The van der Waals surface area contributed by atoms with E-state index in [1.807, 2.05) is 18.1 Å². The molecule has 1 aromatic rings. The van der Waals surface area contributed by atoms with Crippen LogP contribution in [-0.2, 0) is 16.6 Å². The van der Waals surface area contributed by atoms with Crippen molar-refractivity contribution in [3.05, 3.63) is 12.4 Å². The van der Waals surface area contributed by atoms with Gasteiger partial charge in [0.05, 0.1) is 11.9 Å². The fourth-order valence-corrected chi connectivity index (χ4v) is 2.52.